The minimum atomic E-state index is -4.64. The summed E-state index contributed by atoms with van der Waals surface area (Å²) in [4.78, 5) is 13.1. The molecular weight excluding hydrogens is 449 g/mol. The minimum absolute atomic E-state index is 0.0644. The van der Waals surface area contributed by atoms with Gasteiger partial charge in [0.1, 0.15) is 12.3 Å². The van der Waals surface area contributed by atoms with Crippen LogP contribution in [0.2, 0.25) is 0 Å². The highest BCUT2D eigenvalue weighted by Gasteiger charge is 2.38. The van der Waals surface area contributed by atoms with Crippen LogP contribution in [0.3, 0.4) is 0 Å². The van der Waals surface area contributed by atoms with Gasteiger partial charge in [-0.2, -0.15) is 17.7 Å². The van der Waals surface area contributed by atoms with E-state index in [-0.39, 0.29) is 5.65 Å². The Morgan fingerprint density at radius 3 is 2.82 bits per heavy atom. The fraction of sp³-hybridized carbons (Fsp3) is 0.318. The Hall–Kier alpha value is -3.96. The van der Waals surface area contributed by atoms with Crippen molar-refractivity contribution in [2.45, 2.75) is 26.1 Å². The second-order valence-electron chi connectivity index (χ2n) is 8.24. The Balaban J connectivity index is 1.35. The maximum Gasteiger partial charge on any atom is 0.453 e. The standard InChI is InChI=1S/C22H19F3N8O/c1-13-9-18-28-29-21(22(23,24)25)33(18)30-19(13)31-6-4-16-14(12-31)10-15(11-27-16)32-7-8-34-20-17(32)3-2-5-26-20/h2-3,5,9-11H,4,6-8,12H2,1H3. The Morgan fingerprint density at radius 1 is 1.09 bits per heavy atom. The summed E-state index contributed by atoms with van der Waals surface area (Å²) in [6, 6.07) is 7.46. The van der Waals surface area contributed by atoms with Gasteiger partial charge in [0, 0.05) is 31.4 Å². The summed E-state index contributed by atoms with van der Waals surface area (Å²) in [5, 5.41) is 11.2. The van der Waals surface area contributed by atoms with Gasteiger partial charge < -0.3 is 14.5 Å². The van der Waals surface area contributed by atoms with Crippen LogP contribution in [0.5, 0.6) is 5.88 Å². The Labute approximate surface area is 191 Å². The summed E-state index contributed by atoms with van der Waals surface area (Å²) in [6.45, 7) is 4.05. The number of fused-ring (bicyclic) bond motifs is 3. The number of hydrogen-bond acceptors (Lipinski definition) is 8. The van der Waals surface area contributed by atoms with E-state index in [4.69, 9.17) is 4.74 Å². The van der Waals surface area contributed by atoms with Crippen molar-refractivity contribution in [2.24, 2.45) is 0 Å². The van der Waals surface area contributed by atoms with Crippen molar-refractivity contribution in [3.05, 3.63) is 59.3 Å². The van der Waals surface area contributed by atoms with Gasteiger partial charge in [-0.3, -0.25) is 4.98 Å². The highest BCUT2D eigenvalue weighted by molar-refractivity contribution is 5.69. The fourth-order valence-electron chi connectivity index (χ4n) is 4.46. The van der Waals surface area contributed by atoms with E-state index in [1.165, 1.54) is 0 Å². The quantitative estimate of drug-likeness (QED) is 0.443. The van der Waals surface area contributed by atoms with E-state index in [1.807, 2.05) is 30.2 Å². The van der Waals surface area contributed by atoms with Crippen molar-refractivity contribution in [2.75, 3.05) is 29.5 Å². The average Bonchev–Trinajstić information content (AvgIpc) is 3.26. The third-order valence-electron chi connectivity index (χ3n) is 6.04. The molecule has 0 atom stereocenters. The van der Waals surface area contributed by atoms with Gasteiger partial charge in [0.05, 0.1) is 18.4 Å². The van der Waals surface area contributed by atoms with Crippen molar-refractivity contribution >= 4 is 22.8 Å². The molecule has 6 rings (SSSR count). The first-order valence-corrected chi connectivity index (χ1v) is 10.8. The molecule has 174 valence electrons. The minimum Gasteiger partial charge on any atom is -0.474 e. The van der Waals surface area contributed by atoms with Crippen LogP contribution in [0.4, 0.5) is 30.4 Å². The summed E-state index contributed by atoms with van der Waals surface area (Å²) in [5.41, 5.74) is 4.55. The van der Waals surface area contributed by atoms with Gasteiger partial charge in [-0.15, -0.1) is 15.3 Å². The van der Waals surface area contributed by atoms with Crippen LogP contribution in [0.1, 0.15) is 22.6 Å². The molecule has 0 fully saturated rings. The average molecular weight is 468 g/mol. The fourth-order valence-corrected chi connectivity index (χ4v) is 4.46. The van der Waals surface area contributed by atoms with Crippen molar-refractivity contribution in [1.29, 1.82) is 0 Å². The van der Waals surface area contributed by atoms with Gasteiger partial charge in [-0.05, 0) is 42.3 Å². The maximum atomic E-state index is 13.3. The van der Waals surface area contributed by atoms with Crippen molar-refractivity contribution in [1.82, 2.24) is 29.8 Å². The molecule has 4 aromatic heterocycles. The van der Waals surface area contributed by atoms with Crippen LogP contribution in [0.15, 0.2) is 36.7 Å². The van der Waals surface area contributed by atoms with Gasteiger partial charge in [0.2, 0.25) is 5.88 Å². The molecule has 12 heteroatoms. The lowest BCUT2D eigenvalue weighted by atomic mass is 10.0. The number of halogens is 3. The first kappa shape index (κ1) is 20.6. The molecule has 0 aromatic carbocycles. The van der Waals surface area contributed by atoms with E-state index in [0.29, 0.717) is 44.4 Å². The molecule has 0 spiro atoms. The van der Waals surface area contributed by atoms with Gasteiger partial charge in [0.25, 0.3) is 5.82 Å². The number of aryl methyl sites for hydroxylation is 1. The van der Waals surface area contributed by atoms with E-state index in [9.17, 15) is 13.2 Å². The van der Waals surface area contributed by atoms with Crippen LogP contribution < -0.4 is 14.5 Å². The molecule has 0 amide bonds. The molecular formula is C22H19F3N8O. The lowest BCUT2D eigenvalue weighted by Gasteiger charge is -2.33. The molecule has 0 unspecified atom stereocenters. The second kappa shape index (κ2) is 7.54. The topological polar surface area (TPSA) is 84.6 Å². The monoisotopic (exact) mass is 468 g/mol. The molecule has 0 N–H and O–H groups in total. The first-order valence-electron chi connectivity index (χ1n) is 10.8. The molecule has 0 saturated heterocycles. The molecule has 0 saturated carbocycles. The summed E-state index contributed by atoms with van der Waals surface area (Å²) in [5.74, 6) is -0.0879. The highest BCUT2D eigenvalue weighted by atomic mass is 19.4. The molecule has 2 aliphatic rings. The lowest BCUT2D eigenvalue weighted by Crippen LogP contribution is -2.33. The van der Waals surface area contributed by atoms with E-state index in [1.54, 1.807) is 12.3 Å². The summed E-state index contributed by atoms with van der Waals surface area (Å²) in [6.07, 6.45) is -0.448. The zero-order chi connectivity index (χ0) is 23.4. The van der Waals surface area contributed by atoms with Gasteiger partial charge in [0.15, 0.2) is 11.5 Å². The number of ether oxygens (including phenoxy) is 1. The van der Waals surface area contributed by atoms with E-state index in [2.05, 4.69) is 36.2 Å². The number of aromatic nitrogens is 6. The SMILES string of the molecule is Cc1cc2nnc(C(F)(F)F)n2nc1N1CCc2ncc(N3CCOc4ncccc43)cc2C1. The molecule has 2 aliphatic heterocycles. The van der Waals surface area contributed by atoms with Gasteiger partial charge in [-0.25, -0.2) is 4.98 Å². The van der Waals surface area contributed by atoms with E-state index < -0.39 is 12.0 Å². The molecule has 0 aliphatic carbocycles. The largest absolute Gasteiger partial charge is 0.474 e. The van der Waals surface area contributed by atoms with E-state index >= 15 is 0 Å². The highest BCUT2D eigenvalue weighted by Crippen LogP contribution is 2.36. The van der Waals surface area contributed by atoms with Crippen LogP contribution in [0, 0.1) is 6.92 Å². The first-order chi connectivity index (χ1) is 16.4. The number of hydrogen-bond donors (Lipinski definition) is 0. The molecule has 0 bridgehead atoms. The lowest BCUT2D eigenvalue weighted by molar-refractivity contribution is -0.146. The molecule has 6 heterocycles. The van der Waals surface area contributed by atoms with Crippen LogP contribution in [-0.2, 0) is 19.1 Å². The van der Waals surface area contributed by atoms with Crippen molar-refractivity contribution in [3.8, 4) is 5.88 Å². The van der Waals surface area contributed by atoms with Crippen LogP contribution in [-0.4, -0.2) is 49.5 Å². The molecule has 4 aromatic rings. The number of anilines is 3. The Bertz CT molecular complexity index is 1400. The number of pyridine rings is 2. The molecule has 9 nitrogen and oxygen atoms in total. The van der Waals surface area contributed by atoms with Crippen molar-refractivity contribution in [3.63, 3.8) is 0 Å². The summed E-state index contributed by atoms with van der Waals surface area (Å²) < 4.78 is 46.5. The Kier molecular flexibility index (Phi) is 4.57. The smallest absolute Gasteiger partial charge is 0.453 e. The maximum absolute atomic E-state index is 13.3. The second-order valence-corrected chi connectivity index (χ2v) is 8.24. The predicted molar refractivity (Wildman–Crippen MR) is 116 cm³/mol. The number of rotatable bonds is 2. The number of alkyl halides is 3. The van der Waals surface area contributed by atoms with Crippen LogP contribution in [0.25, 0.3) is 5.65 Å². The Morgan fingerprint density at radius 2 is 1.97 bits per heavy atom. The van der Waals surface area contributed by atoms with Gasteiger partial charge in [-0.1, -0.05) is 0 Å². The molecule has 34 heavy (non-hydrogen) atoms. The van der Waals surface area contributed by atoms with Crippen molar-refractivity contribution < 1.29 is 17.9 Å². The van der Waals surface area contributed by atoms with Gasteiger partial charge >= 0.3 is 6.18 Å². The zero-order valence-corrected chi connectivity index (χ0v) is 18.1. The third-order valence-corrected chi connectivity index (χ3v) is 6.04. The predicted octanol–water partition coefficient (Wildman–Crippen LogP) is 3.33. The van der Waals surface area contributed by atoms with E-state index in [0.717, 1.165) is 32.7 Å². The number of nitrogens with zero attached hydrogens (tertiary/aromatic N) is 8. The molecule has 0 radical (unpaired) electrons. The normalized spacial score (nSPS) is 15.8. The summed E-state index contributed by atoms with van der Waals surface area (Å²) >= 11 is 0. The third kappa shape index (κ3) is 3.37. The summed E-state index contributed by atoms with van der Waals surface area (Å²) in [7, 11) is 0. The van der Waals surface area contributed by atoms with Crippen LogP contribution >= 0.6 is 0 Å². The zero-order valence-electron chi connectivity index (χ0n) is 18.1.